The van der Waals surface area contributed by atoms with Crippen molar-refractivity contribution < 1.29 is 23.1 Å². The largest absolute Gasteiger partial charge is 0.381 e. The van der Waals surface area contributed by atoms with Gasteiger partial charge in [0.15, 0.2) is 0 Å². The highest BCUT2D eigenvalue weighted by molar-refractivity contribution is 6.11. The number of nitrogens with zero attached hydrogens (tertiary/aromatic N) is 2. The van der Waals surface area contributed by atoms with Crippen molar-refractivity contribution in [1.82, 2.24) is 0 Å². The maximum Gasteiger partial charge on any atom is 0.258 e. The Morgan fingerprint density at radius 2 is 1.03 bits per heavy atom. The number of ether oxygens (including phenoxy) is 1. The number of halogens is 2. The highest BCUT2D eigenvalue weighted by Crippen LogP contribution is 2.30. The van der Waals surface area contributed by atoms with E-state index in [0.29, 0.717) is 22.5 Å². The van der Waals surface area contributed by atoms with Gasteiger partial charge in [0.1, 0.15) is 11.6 Å². The highest BCUT2D eigenvalue weighted by Gasteiger charge is 2.21. The van der Waals surface area contributed by atoms with E-state index >= 15 is 0 Å². The zero-order valence-electron chi connectivity index (χ0n) is 18.6. The van der Waals surface area contributed by atoms with Crippen LogP contribution in [0.5, 0.6) is 0 Å². The molecule has 0 spiro atoms. The van der Waals surface area contributed by atoms with Gasteiger partial charge in [0.2, 0.25) is 0 Å². The summed E-state index contributed by atoms with van der Waals surface area (Å²) < 4.78 is 31.2. The number of para-hydroxylation sites is 2. The van der Waals surface area contributed by atoms with Crippen LogP contribution < -0.4 is 9.80 Å². The lowest BCUT2D eigenvalue weighted by molar-refractivity contribution is 0.0981. The van der Waals surface area contributed by atoms with E-state index in [-0.39, 0.29) is 11.8 Å². The van der Waals surface area contributed by atoms with Gasteiger partial charge in [-0.15, -0.1) is 0 Å². The normalized spacial score (nSPS) is 12.5. The molecule has 0 atom stereocenters. The van der Waals surface area contributed by atoms with Gasteiger partial charge in [-0.1, -0.05) is 12.1 Å². The predicted octanol–water partition coefficient (Wildman–Crippen LogP) is 5.31. The molecule has 1 fully saturated rings. The summed E-state index contributed by atoms with van der Waals surface area (Å²) in [7, 11) is 3.17. The Morgan fingerprint density at radius 3 is 1.33 bits per heavy atom. The van der Waals surface area contributed by atoms with Gasteiger partial charge in [-0.05, 0) is 73.5 Å². The van der Waals surface area contributed by atoms with Gasteiger partial charge < -0.3 is 14.5 Å². The summed E-state index contributed by atoms with van der Waals surface area (Å²) in [6.07, 6.45) is 2.56. The van der Waals surface area contributed by atoms with Gasteiger partial charge in [-0.25, -0.2) is 8.78 Å². The summed E-state index contributed by atoms with van der Waals surface area (Å²) in [5, 5.41) is 0. The number of amides is 2. The molecule has 172 valence electrons. The zero-order valence-corrected chi connectivity index (χ0v) is 18.6. The van der Waals surface area contributed by atoms with E-state index in [1.807, 2.05) is 0 Å². The lowest BCUT2D eigenvalue weighted by Crippen LogP contribution is -2.31. The molecule has 0 radical (unpaired) electrons. The first-order valence-corrected chi connectivity index (χ1v) is 10.6. The Labute approximate surface area is 192 Å². The first-order valence-electron chi connectivity index (χ1n) is 10.6. The smallest absolute Gasteiger partial charge is 0.258 e. The molecule has 0 unspecified atom stereocenters. The van der Waals surface area contributed by atoms with Crippen LogP contribution in [0.15, 0.2) is 72.8 Å². The van der Waals surface area contributed by atoms with E-state index in [9.17, 15) is 18.4 Å². The second kappa shape index (κ2) is 11.3. The van der Waals surface area contributed by atoms with Crippen molar-refractivity contribution in [2.24, 2.45) is 0 Å². The Morgan fingerprint density at radius 1 is 0.667 bits per heavy atom. The van der Waals surface area contributed by atoms with Crippen LogP contribution in [0.25, 0.3) is 0 Å². The Balaban J connectivity index is 0.000000541. The zero-order chi connectivity index (χ0) is 23.8. The van der Waals surface area contributed by atoms with Crippen LogP contribution in [0.1, 0.15) is 33.6 Å². The summed E-state index contributed by atoms with van der Waals surface area (Å²) in [5.41, 5.74) is 1.67. The predicted molar refractivity (Wildman–Crippen MR) is 125 cm³/mol. The minimum Gasteiger partial charge on any atom is -0.381 e. The van der Waals surface area contributed by atoms with Crippen molar-refractivity contribution in [3.05, 3.63) is 95.6 Å². The number of carbonyl (C=O) groups excluding carboxylic acids is 2. The van der Waals surface area contributed by atoms with Crippen LogP contribution in [0, 0.1) is 11.6 Å². The fourth-order valence-electron chi connectivity index (χ4n) is 3.33. The number of carbonyl (C=O) groups is 2. The molecule has 1 saturated heterocycles. The molecular weight excluding hydrogens is 426 g/mol. The van der Waals surface area contributed by atoms with Crippen LogP contribution in [-0.4, -0.2) is 39.1 Å². The number of anilines is 2. The summed E-state index contributed by atoms with van der Waals surface area (Å²) in [4.78, 5) is 28.3. The highest BCUT2D eigenvalue weighted by atomic mass is 19.1. The van der Waals surface area contributed by atoms with Crippen molar-refractivity contribution in [2.45, 2.75) is 12.8 Å². The second-order valence-corrected chi connectivity index (χ2v) is 7.55. The summed E-state index contributed by atoms with van der Waals surface area (Å²) >= 11 is 0. The lowest BCUT2D eigenvalue weighted by atomic mass is 10.1. The van der Waals surface area contributed by atoms with Crippen LogP contribution in [0.2, 0.25) is 0 Å². The monoisotopic (exact) mass is 452 g/mol. The molecule has 0 bridgehead atoms. The molecule has 5 nitrogen and oxygen atoms in total. The Bertz CT molecular complexity index is 991. The van der Waals surface area contributed by atoms with E-state index in [2.05, 4.69) is 0 Å². The molecule has 7 heteroatoms. The molecule has 1 aliphatic heterocycles. The summed E-state index contributed by atoms with van der Waals surface area (Å²) in [6, 6.07) is 17.4. The third kappa shape index (κ3) is 6.23. The van der Waals surface area contributed by atoms with Gasteiger partial charge in [0, 0.05) is 38.4 Å². The van der Waals surface area contributed by atoms with Crippen molar-refractivity contribution in [1.29, 1.82) is 0 Å². The van der Waals surface area contributed by atoms with Gasteiger partial charge in [0.05, 0.1) is 11.4 Å². The molecule has 0 aliphatic carbocycles. The lowest BCUT2D eigenvalue weighted by Gasteiger charge is -2.26. The number of hydrogen-bond donors (Lipinski definition) is 0. The molecule has 33 heavy (non-hydrogen) atoms. The van der Waals surface area contributed by atoms with Crippen molar-refractivity contribution >= 4 is 23.2 Å². The quantitative estimate of drug-likeness (QED) is 0.539. The van der Waals surface area contributed by atoms with Crippen molar-refractivity contribution in [2.75, 3.05) is 37.1 Å². The number of benzene rings is 3. The van der Waals surface area contributed by atoms with Gasteiger partial charge >= 0.3 is 0 Å². The summed E-state index contributed by atoms with van der Waals surface area (Å²) in [6.45, 7) is 2.00. The van der Waals surface area contributed by atoms with Crippen LogP contribution in [0.4, 0.5) is 20.2 Å². The molecule has 1 heterocycles. The third-order valence-electron chi connectivity index (χ3n) is 5.22. The standard InChI is InChI=1S/C22H18F2N2O2.C4H8O/c1-25(21(27)15-7-11-17(23)12-8-15)19-5-3-4-6-20(19)26(2)22(28)16-9-13-18(24)14-10-16;1-2-4-5-3-1/h3-14H,1-2H3;1-4H2. The minimum atomic E-state index is -0.427. The average molecular weight is 453 g/mol. The molecule has 0 N–H and O–H groups in total. The Hall–Kier alpha value is -3.58. The Kier molecular flexibility index (Phi) is 8.27. The molecule has 3 aromatic carbocycles. The molecule has 2 amide bonds. The molecular formula is C26H26F2N2O3. The van der Waals surface area contributed by atoms with Crippen molar-refractivity contribution in [3.8, 4) is 0 Å². The van der Waals surface area contributed by atoms with Crippen LogP contribution in [-0.2, 0) is 4.74 Å². The van der Waals surface area contributed by atoms with Gasteiger partial charge in [0.25, 0.3) is 11.8 Å². The minimum absolute atomic E-state index is 0.325. The molecule has 1 aliphatic rings. The first-order chi connectivity index (χ1) is 15.9. The van der Waals surface area contributed by atoms with Gasteiger partial charge in [-0.2, -0.15) is 0 Å². The van der Waals surface area contributed by atoms with E-state index in [4.69, 9.17) is 4.74 Å². The van der Waals surface area contributed by atoms with Gasteiger partial charge in [-0.3, -0.25) is 9.59 Å². The van der Waals surface area contributed by atoms with E-state index in [1.165, 1.54) is 71.2 Å². The maximum atomic E-state index is 13.1. The maximum absolute atomic E-state index is 13.1. The number of rotatable bonds is 4. The SMILES string of the molecule is C1CCOC1.CN(C(=O)c1ccc(F)cc1)c1ccccc1N(C)C(=O)c1ccc(F)cc1. The molecule has 4 rings (SSSR count). The van der Waals surface area contributed by atoms with E-state index in [1.54, 1.807) is 38.4 Å². The second-order valence-electron chi connectivity index (χ2n) is 7.55. The van der Waals surface area contributed by atoms with Crippen molar-refractivity contribution in [3.63, 3.8) is 0 Å². The molecule has 3 aromatic rings. The third-order valence-corrected chi connectivity index (χ3v) is 5.22. The fraction of sp³-hybridized carbons (Fsp3) is 0.231. The fourth-order valence-corrected chi connectivity index (χ4v) is 3.33. The molecule has 0 saturated carbocycles. The van der Waals surface area contributed by atoms with Crippen LogP contribution in [0.3, 0.4) is 0 Å². The van der Waals surface area contributed by atoms with Crippen LogP contribution >= 0.6 is 0 Å². The molecule has 0 aromatic heterocycles. The topological polar surface area (TPSA) is 49.9 Å². The summed E-state index contributed by atoms with van der Waals surface area (Å²) in [5.74, 6) is -1.53. The average Bonchev–Trinajstić information content (AvgIpc) is 3.44. The first kappa shape index (κ1) is 24.1. The van der Waals surface area contributed by atoms with E-state index in [0.717, 1.165) is 13.2 Å². The van der Waals surface area contributed by atoms with E-state index < -0.39 is 11.6 Å². The number of hydrogen-bond acceptors (Lipinski definition) is 3.